The van der Waals surface area contributed by atoms with Crippen molar-refractivity contribution in [2.75, 3.05) is 5.32 Å². The van der Waals surface area contributed by atoms with Crippen molar-refractivity contribution in [3.05, 3.63) is 23.0 Å². The molecule has 1 aromatic rings. The van der Waals surface area contributed by atoms with Gasteiger partial charge in [0, 0.05) is 6.04 Å². The first-order chi connectivity index (χ1) is 8.06. The van der Waals surface area contributed by atoms with E-state index in [2.05, 4.69) is 24.1 Å². The summed E-state index contributed by atoms with van der Waals surface area (Å²) in [6.07, 6.45) is 3.83. The average Bonchev–Trinajstić information content (AvgIpc) is 2.27. The van der Waals surface area contributed by atoms with Gasteiger partial charge in [-0.05, 0) is 50.2 Å². The van der Waals surface area contributed by atoms with Gasteiger partial charge in [0.1, 0.15) is 5.15 Å². The van der Waals surface area contributed by atoms with E-state index in [0.717, 1.165) is 23.2 Å². The topological polar surface area (TPSA) is 24.9 Å². The average molecular weight is 253 g/mol. The zero-order valence-corrected chi connectivity index (χ0v) is 11.6. The molecular formula is C14H21ClN2. The Balaban J connectivity index is 2.01. The zero-order chi connectivity index (χ0) is 12.4. The van der Waals surface area contributed by atoms with E-state index in [1.54, 1.807) is 0 Å². The summed E-state index contributed by atoms with van der Waals surface area (Å²) >= 11 is 5.86. The second-order valence-electron chi connectivity index (χ2n) is 5.38. The highest BCUT2D eigenvalue weighted by Crippen LogP contribution is 2.31. The van der Waals surface area contributed by atoms with Gasteiger partial charge >= 0.3 is 0 Å². The van der Waals surface area contributed by atoms with Crippen LogP contribution in [0.5, 0.6) is 0 Å². The van der Waals surface area contributed by atoms with Crippen LogP contribution in [0.2, 0.25) is 5.15 Å². The SMILES string of the molecule is Cc1nc(Cl)ccc1NC1CCC(C)C(C)C1. The summed E-state index contributed by atoms with van der Waals surface area (Å²) in [5, 5.41) is 4.17. The minimum Gasteiger partial charge on any atom is -0.381 e. The number of rotatable bonds is 2. The molecule has 1 saturated carbocycles. The number of aromatic nitrogens is 1. The van der Waals surface area contributed by atoms with Crippen LogP contribution >= 0.6 is 11.6 Å². The Hall–Kier alpha value is -0.760. The Morgan fingerprint density at radius 3 is 2.65 bits per heavy atom. The monoisotopic (exact) mass is 252 g/mol. The highest BCUT2D eigenvalue weighted by molar-refractivity contribution is 6.29. The summed E-state index contributed by atoms with van der Waals surface area (Å²) in [5.74, 6) is 1.67. The fourth-order valence-corrected chi connectivity index (χ4v) is 2.77. The first-order valence-corrected chi connectivity index (χ1v) is 6.83. The number of anilines is 1. The number of nitrogens with zero attached hydrogens (tertiary/aromatic N) is 1. The van der Waals surface area contributed by atoms with Crippen molar-refractivity contribution in [2.24, 2.45) is 11.8 Å². The summed E-state index contributed by atoms with van der Waals surface area (Å²) in [6, 6.07) is 4.47. The maximum Gasteiger partial charge on any atom is 0.129 e. The lowest BCUT2D eigenvalue weighted by Crippen LogP contribution is -2.30. The lowest BCUT2D eigenvalue weighted by atomic mass is 9.79. The van der Waals surface area contributed by atoms with Gasteiger partial charge in [0.2, 0.25) is 0 Å². The molecule has 1 fully saturated rings. The fourth-order valence-electron chi connectivity index (χ4n) is 2.58. The van der Waals surface area contributed by atoms with Crippen molar-refractivity contribution in [3.63, 3.8) is 0 Å². The third-order valence-corrected chi connectivity index (χ3v) is 4.22. The number of hydrogen-bond donors (Lipinski definition) is 1. The van der Waals surface area contributed by atoms with E-state index < -0.39 is 0 Å². The van der Waals surface area contributed by atoms with E-state index in [4.69, 9.17) is 11.6 Å². The molecule has 0 spiro atoms. The largest absolute Gasteiger partial charge is 0.381 e. The van der Waals surface area contributed by atoms with E-state index in [1.807, 2.05) is 19.1 Å². The summed E-state index contributed by atoms with van der Waals surface area (Å²) in [6.45, 7) is 6.71. The first-order valence-electron chi connectivity index (χ1n) is 6.46. The molecular weight excluding hydrogens is 232 g/mol. The van der Waals surface area contributed by atoms with E-state index in [-0.39, 0.29) is 0 Å². The molecule has 3 atom stereocenters. The van der Waals surface area contributed by atoms with Crippen molar-refractivity contribution in [2.45, 2.75) is 46.1 Å². The quantitative estimate of drug-likeness (QED) is 0.795. The molecule has 0 amide bonds. The fraction of sp³-hybridized carbons (Fsp3) is 0.643. The van der Waals surface area contributed by atoms with Gasteiger partial charge in [-0.2, -0.15) is 0 Å². The van der Waals surface area contributed by atoms with E-state index in [0.29, 0.717) is 11.2 Å². The molecule has 2 rings (SSSR count). The predicted molar refractivity (Wildman–Crippen MR) is 73.6 cm³/mol. The number of nitrogens with one attached hydrogen (secondary N) is 1. The lowest BCUT2D eigenvalue weighted by molar-refractivity contribution is 0.261. The van der Waals surface area contributed by atoms with Crippen molar-refractivity contribution >= 4 is 17.3 Å². The van der Waals surface area contributed by atoms with Gasteiger partial charge in [-0.3, -0.25) is 0 Å². The van der Waals surface area contributed by atoms with Gasteiger partial charge in [0.05, 0.1) is 11.4 Å². The van der Waals surface area contributed by atoms with Crippen LogP contribution in [0, 0.1) is 18.8 Å². The Bertz CT molecular complexity index is 392. The van der Waals surface area contributed by atoms with Crippen LogP contribution in [0.25, 0.3) is 0 Å². The molecule has 0 aromatic carbocycles. The van der Waals surface area contributed by atoms with Gasteiger partial charge in [-0.25, -0.2) is 4.98 Å². The molecule has 0 aliphatic heterocycles. The summed E-state index contributed by atoms with van der Waals surface area (Å²) in [4.78, 5) is 4.28. The Kier molecular flexibility index (Phi) is 3.93. The molecule has 17 heavy (non-hydrogen) atoms. The Morgan fingerprint density at radius 1 is 1.24 bits per heavy atom. The van der Waals surface area contributed by atoms with Crippen molar-refractivity contribution in [3.8, 4) is 0 Å². The van der Waals surface area contributed by atoms with Crippen molar-refractivity contribution in [1.29, 1.82) is 0 Å². The van der Waals surface area contributed by atoms with Gasteiger partial charge < -0.3 is 5.32 Å². The maximum absolute atomic E-state index is 5.86. The molecule has 1 N–H and O–H groups in total. The predicted octanol–water partition coefficient (Wildman–Crippen LogP) is 4.28. The standard InChI is InChI=1S/C14H21ClN2/c1-9-4-5-12(8-10(9)2)17-13-6-7-14(15)16-11(13)3/h6-7,9-10,12,17H,4-5,8H2,1-3H3. The molecule has 94 valence electrons. The van der Waals surface area contributed by atoms with Gasteiger partial charge in [-0.1, -0.05) is 25.4 Å². The molecule has 1 aliphatic carbocycles. The number of aryl methyl sites for hydroxylation is 1. The number of halogens is 1. The normalized spacial score (nSPS) is 29.1. The molecule has 0 saturated heterocycles. The lowest BCUT2D eigenvalue weighted by Gasteiger charge is -2.33. The molecule has 2 nitrogen and oxygen atoms in total. The molecule has 1 aliphatic rings. The zero-order valence-electron chi connectivity index (χ0n) is 10.8. The van der Waals surface area contributed by atoms with Gasteiger partial charge in [-0.15, -0.1) is 0 Å². The van der Waals surface area contributed by atoms with E-state index >= 15 is 0 Å². The molecule has 1 heterocycles. The van der Waals surface area contributed by atoms with E-state index in [9.17, 15) is 0 Å². The third kappa shape index (κ3) is 3.12. The molecule has 0 bridgehead atoms. The van der Waals surface area contributed by atoms with Crippen LogP contribution in [0.4, 0.5) is 5.69 Å². The molecule has 3 heteroatoms. The maximum atomic E-state index is 5.86. The second kappa shape index (κ2) is 5.26. The number of hydrogen-bond acceptors (Lipinski definition) is 2. The second-order valence-corrected chi connectivity index (χ2v) is 5.76. The van der Waals surface area contributed by atoms with Gasteiger partial charge in [0.25, 0.3) is 0 Å². The van der Waals surface area contributed by atoms with Crippen LogP contribution in [0.1, 0.15) is 38.8 Å². The van der Waals surface area contributed by atoms with E-state index in [1.165, 1.54) is 19.3 Å². The Labute approximate surface area is 109 Å². The molecule has 0 radical (unpaired) electrons. The number of pyridine rings is 1. The Morgan fingerprint density at radius 2 is 2.00 bits per heavy atom. The van der Waals surface area contributed by atoms with Crippen molar-refractivity contribution < 1.29 is 0 Å². The highest BCUT2D eigenvalue weighted by Gasteiger charge is 2.24. The third-order valence-electron chi connectivity index (χ3n) is 4.01. The highest BCUT2D eigenvalue weighted by atomic mass is 35.5. The van der Waals surface area contributed by atoms with Crippen LogP contribution in [-0.4, -0.2) is 11.0 Å². The molecule has 1 aromatic heterocycles. The van der Waals surface area contributed by atoms with Crippen LogP contribution < -0.4 is 5.32 Å². The van der Waals surface area contributed by atoms with Crippen LogP contribution in [-0.2, 0) is 0 Å². The first kappa shape index (κ1) is 12.7. The van der Waals surface area contributed by atoms with Crippen LogP contribution in [0.15, 0.2) is 12.1 Å². The summed E-state index contributed by atoms with van der Waals surface area (Å²) < 4.78 is 0. The minimum atomic E-state index is 0.568. The van der Waals surface area contributed by atoms with Gasteiger partial charge in [0.15, 0.2) is 0 Å². The molecule has 3 unspecified atom stereocenters. The summed E-state index contributed by atoms with van der Waals surface area (Å²) in [7, 11) is 0. The van der Waals surface area contributed by atoms with Crippen molar-refractivity contribution in [1.82, 2.24) is 4.98 Å². The minimum absolute atomic E-state index is 0.568. The van der Waals surface area contributed by atoms with Crippen LogP contribution in [0.3, 0.4) is 0 Å². The smallest absolute Gasteiger partial charge is 0.129 e. The summed E-state index contributed by atoms with van der Waals surface area (Å²) in [5.41, 5.74) is 2.12.